The summed E-state index contributed by atoms with van der Waals surface area (Å²) in [5.41, 5.74) is 2.77. The van der Waals surface area contributed by atoms with Crippen molar-refractivity contribution < 1.29 is 9.53 Å². The topological polar surface area (TPSA) is 69.2 Å². The van der Waals surface area contributed by atoms with Crippen LogP contribution in [0.25, 0.3) is 0 Å². The highest BCUT2D eigenvalue weighted by Crippen LogP contribution is 2.16. The first-order valence-corrected chi connectivity index (χ1v) is 11.1. The number of likely N-dealkylation sites (tertiary alicyclic amines) is 1. The number of carbonyl (C=O) groups excluding carboxylic acids is 1. The van der Waals surface area contributed by atoms with E-state index in [9.17, 15) is 4.79 Å². The van der Waals surface area contributed by atoms with Crippen LogP contribution in [-0.4, -0.2) is 81.2 Å². The van der Waals surface area contributed by atoms with Crippen molar-refractivity contribution in [1.82, 2.24) is 20.4 Å². The van der Waals surface area contributed by atoms with Gasteiger partial charge in [0.1, 0.15) is 6.54 Å². The lowest BCUT2D eigenvalue weighted by Gasteiger charge is -2.33. The van der Waals surface area contributed by atoms with Crippen LogP contribution >= 0.6 is 0 Å². The maximum atomic E-state index is 12.0. The van der Waals surface area contributed by atoms with Crippen LogP contribution in [0.5, 0.6) is 0 Å². The minimum atomic E-state index is 0.00773. The quantitative estimate of drug-likeness (QED) is 0.523. The smallest absolute Gasteiger partial charge is 0.243 e. The molecule has 0 saturated carbocycles. The zero-order valence-electron chi connectivity index (χ0n) is 18.7. The highest BCUT2D eigenvalue weighted by atomic mass is 16.5. The molecule has 1 aromatic carbocycles. The van der Waals surface area contributed by atoms with Crippen molar-refractivity contribution in [3.8, 4) is 0 Å². The van der Waals surface area contributed by atoms with E-state index in [2.05, 4.69) is 51.7 Å². The highest BCUT2D eigenvalue weighted by Gasteiger charge is 2.22. The molecule has 1 amide bonds. The number of piperidine rings is 1. The Morgan fingerprint density at radius 1 is 1.23 bits per heavy atom. The molecule has 30 heavy (non-hydrogen) atoms. The predicted molar refractivity (Wildman–Crippen MR) is 121 cm³/mol. The summed E-state index contributed by atoms with van der Waals surface area (Å²) in [6.45, 7) is 7.95. The monoisotopic (exact) mass is 415 g/mol. The number of benzene rings is 1. The van der Waals surface area contributed by atoms with Gasteiger partial charge in [-0.3, -0.25) is 9.69 Å². The third kappa shape index (κ3) is 6.99. The first kappa shape index (κ1) is 22.6. The van der Waals surface area contributed by atoms with E-state index >= 15 is 0 Å². The van der Waals surface area contributed by atoms with Gasteiger partial charge in [0.25, 0.3) is 0 Å². The third-order valence-electron chi connectivity index (χ3n) is 6.04. The van der Waals surface area contributed by atoms with E-state index in [-0.39, 0.29) is 12.5 Å². The third-order valence-corrected chi connectivity index (χ3v) is 6.04. The lowest BCUT2D eigenvalue weighted by molar-refractivity contribution is -0.127. The van der Waals surface area contributed by atoms with Crippen LogP contribution in [0.3, 0.4) is 0 Å². The zero-order valence-corrected chi connectivity index (χ0v) is 18.7. The molecule has 3 rings (SSSR count). The fourth-order valence-corrected chi connectivity index (χ4v) is 3.88. The van der Waals surface area contributed by atoms with Gasteiger partial charge in [0.2, 0.25) is 5.91 Å². The van der Waals surface area contributed by atoms with Crippen LogP contribution < -0.4 is 10.6 Å². The average Bonchev–Trinajstić information content (AvgIpc) is 3.26. The minimum absolute atomic E-state index is 0.00773. The molecule has 0 bridgehead atoms. The van der Waals surface area contributed by atoms with Crippen LogP contribution in [0.1, 0.15) is 30.4 Å². The Bertz CT molecular complexity index is 707. The minimum Gasteiger partial charge on any atom is -0.381 e. The Morgan fingerprint density at radius 2 is 2.00 bits per heavy atom. The van der Waals surface area contributed by atoms with Crippen molar-refractivity contribution in [3.05, 3.63) is 35.4 Å². The molecule has 2 saturated heterocycles. The molecular weight excluding hydrogens is 378 g/mol. The van der Waals surface area contributed by atoms with Gasteiger partial charge in [-0.1, -0.05) is 24.3 Å². The molecule has 2 heterocycles. The van der Waals surface area contributed by atoms with Crippen LogP contribution in [-0.2, 0) is 16.1 Å². The first-order valence-electron chi connectivity index (χ1n) is 11.1. The molecule has 1 atom stereocenters. The van der Waals surface area contributed by atoms with Crippen molar-refractivity contribution in [2.24, 2.45) is 10.9 Å². The fourth-order valence-electron chi connectivity index (χ4n) is 3.88. The Hall–Kier alpha value is -2.12. The SMILES string of the molecule is Cc1ccccc1CN1CCC(NC(=NCC(=O)N(C)C)NCC2CCOC2)CC1. The highest BCUT2D eigenvalue weighted by molar-refractivity contribution is 5.84. The van der Waals surface area contributed by atoms with Crippen molar-refractivity contribution in [2.45, 2.75) is 38.8 Å². The summed E-state index contributed by atoms with van der Waals surface area (Å²) in [7, 11) is 3.52. The van der Waals surface area contributed by atoms with Gasteiger partial charge in [0.05, 0.1) is 6.61 Å². The van der Waals surface area contributed by atoms with Gasteiger partial charge in [-0.2, -0.15) is 0 Å². The molecule has 2 N–H and O–H groups in total. The molecule has 0 aromatic heterocycles. The summed E-state index contributed by atoms with van der Waals surface area (Å²) < 4.78 is 5.47. The number of amides is 1. The van der Waals surface area contributed by atoms with Gasteiger partial charge in [-0.25, -0.2) is 4.99 Å². The molecule has 7 nitrogen and oxygen atoms in total. The number of aryl methyl sites for hydroxylation is 1. The Labute approximate surface area is 180 Å². The number of nitrogens with zero attached hydrogens (tertiary/aromatic N) is 3. The maximum Gasteiger partial charge on any atom is 0.243 e. The predicted octanol–water partition coefficient (Wildman–Crippen LogP) is 1.62. The van der Waals surface area contributed by atoms with E-state index < -0.39 is 0 Å². The van der Waals surface area contributed by atoms with Crippen LogP contribution in [0.2, 0.25) is 0 Å². The number of hydrogen-bond donors (Lipinski definition) is 2. The second-order valence-corrected chi connectivity index (χ2v) is 8.68. The summed E-state index contributed by atoms with van der Waals surface area (Å²) in [5.74, 6) is 1.26. The second-order valence-electron chi connectivity index (χ2n) is 8.68. The van der Waals surface area contributed by atoms with Crippen molar-refractivity contribution in [1.29, 1.82) is 0 Å². The van der Waals surface area contributed by atoms with Gasteiger partial charge in [-0.15, -0.1) is 0 Å². The van der Waals surface area contributed by atoms with E-state index in [1.54, 1.807) is 19.0 Å². The Balaban J connectivity index is 1.50. The van der Waals surface area contributed by atoms with Gasteiger partial charge < -0.3 is 20.3 Å². The molecule has 166 valence electrons. The van der Waals surface area contributed by atoms with Crippen LogP contribution in [0.4, 0.5) is 0 Å². The summed E-state index contributed by atoms with van der Waals surface area (Å²) >= 11 is 0. The van der Waals surface area contributed by atoms with Crippen molar-refractivity contribution >= 4 is 11.9 Å². The summed E-state index contributed by atoms with van der Waals surface area (Å²) in [6.07, 6.45) is 3.22. The van der Waals surface area contributed by atoms with Gasteiger partial charge >= 0.3 is 0 Å². The number of guanidine groups is 1. The number of ether oxygens (including phenoxy) is 1. The molecule has 2 fully saturated rings. The number of nitrogens with one attached hydrogen (secondary N) is 2. The number of likely N-dealkylation sites (N-methyl/N-ethyl adjacent to an activating group) is 1. The summed E-state index contributed by atoms with van der Waals surface area (Å²) in [6, 6.07) is 9.00. The Kier molecular flexibility index (Phi) is 8.51. The maximum absolute atomic E-state index is 12.0. The first-order chi connectivity index (χ1) is 14.5. The summed E-state index contributed by atoms with van der Waals surface area (Å²) in [4.78, 5) is 20.6. The van der Waals surface area contributed by atoms with Gasteiger partial charge in [0, 0.05) is 58.8 Å². The summed E-state index contributed by atoms with van der Waals surface area (Å²) in [5, 5.41) is 7.01. The fraction of sp³-hybridized carbons (Fsp3) is 0.652. The van der Waals surface area contributed by atoms with Gasteiger partial charge in [0.15, 0.2) is 5.96 Å². The van der Waals surface area contributed by atoms with E-state index in [0.717, 1.165) is 64.6 Å². The molecule has 2 aliphatic heterocycles. The molecule has 1 unspecified atom stereocenters. The van der Waals surface area contributed by atoms with Gasteiger partial charge in [-0.05, 0) is 37.3 Å². The van der Waals surface area contributed by atoms with Crippen molar-refractivity contribution in [3.63, 3.8) is 0 Å². The normalized spacial score (nSPS) is 20.9. The molecule has 0 radical (unpaired) electrons. The standard InChI is InChI=1S/C23H37N5O2/c1-18-6-4-5-7-20(18)16-28-11-8-21(9-12-28)26-23(25-15-22(29)27(2)3)24-14-19-10-13-30-17-19/h4-7,19,21H,8-17H2,1-3H3,(H2,24,25,26). The molecule has 2 aliphatic rings. The number of carbonyl (C=O) groups is 1. The average molecular weight is 416 g/mol. The zero-order chi connectivity index (χ0) is 21.3. The Morgan fingerprint density at radius 3 is 2.67 bits per heavy atom. The number of aliphatic imine (C=N–C) groups is 1. The van der Waals surface area contributed by atoms with Crippen LogP contribution in [0, 0.1) is 12.8 Å². The molecular formula is C23H37N5O2. The van der Waals surface area contributed by atoms with E-state index in [4.69, 9.17) is 4.74 Å². The van der Waals surface area contributed by atoms with Crippen molar-refractivity contribution in [2.75, 3.05) is 53.5 Å². The van der Waals surface area contributed by atoms with Crippen LogP contribution in [0.15, 0.2) is 29.3 Å². The van der Waals surface area contributed by atoms with E-state index in [0.29, 0.717) is 12.0 Å². The van der Waals surface area contributed by atoms with E-state index in [1.807, 2.05) is 0 Å². The number of rotatable bonds is 7. The molecule has 0 spiro atoms. The molecule has 7 heteroatoms. The lowest BCUT2D eigenvalue weighted by atomic mass is 10.0. The number of hydrogen-bond acceptors (Lipinski definition) is 4. The molecule has 0 aliphatic carbocycles. The molecule has 1 aromatic rings. The van der Waals surface area contributed by atoms with E-state index in [1.165, 1.54) is 11.1 Å². The lowest BCUT2D eigenvalue weighted by Crippen LogP contribution is -2.49. The second kappa shape index (κ2) is 11.3. The largest absolute Gasteiger partial charge is 0.381 e.